The van der Waals surface area contributed by atoms with Crippen molar-refractivity contribution in [1.29, 1.82) is 0 Å². The topological polar surface area (TPSA) is 29.5 Å². The molecule has 1 aliphatic carbocycles. The molecule has 1 aliphatic rings. The molecule has 94 valence electrons. The number of ether oxygens (including phenoxy) is 1. The van der Waals surface area contributed by atoms with Gasteiger partial charge in [-0.3, -0.25) is 0 Å². The highest BCUT2D eigenvalue weighted by atomic mass is 79.9. The first-order valence-corrected chi connectivity index (χ1v) is 7.00. The lowest BCUT2D eigenvalue weighted by atomic mass is 10.0. The van der Waals surface area contributed by atoms with Gasteiger partial charge in [-0.1, -0.05) is 28.1 Å². The molecule has 1 N–H and O–H groups in total. The van der Waals surface area contributed by atoms with Crippen molar-refractivity contribution in [3.05, 3.63) is 34.3 Å². The molecule has 1 atom stereocenters. The number of halogens is 1. The fraction of sp³-hybridized carbons (Fsp3) is 0.571. The summed E-state index contributed by atoms with van der Waals surface area (Å²) in [6.07, 6.45) is 3.52. The molecular weight excluding hydrogens is 280 g/mol. The quantitative estimate of drug-likeness (QED) is 0.838. The summed E-state index contributed by atoms with van der Waals surface area (Å²) < 4.78 is 6.73. The lowest BCUT2D eigenvalue weighted by molar-refractivity contribution is 0.0669. The molecule has 0 amide bonds. The monoisotopic (exact) mass is 298 g/mol. The molecule has 2 rings (SSSR count). The Morgan fingerprint density at radius 1 is 1.29 bits per heavy atom. The predicted molar refractivity (Wildman–Crippen MR) is 72.0 cm³/mol. The Morgan fingerprint density at radius 3 is 2.59 bits per heavy atom. The smallest absolute Gasteiger partial charge is 0.0519 e. The molecule has 1 aromatic carbocycles. The highest BCUT2D eigenvalue weighted by Crippen LogP contribution is 2.29. The van der Waals surface area contributed by atoms with Gasteiger partial charge in [-0.25, -0.2) is 0 Å². The number of benzene rings is 1. The van der Waals surface area contributed by atoms with E-state index in [-0.39, 0.29) is 12.5 Å². The van der Waals surface area contributed by atoms with Gasteiger partial charge in [-0.2, -0.15) is 0 Å². The van der Waals surface area contributed by atoms with E-state index in [2.05, 4.69) is 28.1 Å². The molecule has 0 aliphatic heterocycles. The van der Waals surface area contributed by atoms with Crippen molar-refractivity contribution in [3.8, 4) is 0 Å². The van der Waals surface area contributed by atoms with Crippen molar-refractivity contribution in [2.45, 2.75) is 19.3 Å². The summed E-state index contributed by atoms with van der Waals surface area (Å²) in [6.45, 7) is 1.74. The van der Waals surface area contributed by atoms with Gasteiger partial charge in [0.1, 0.15) is 0 Å². The van der Waals surface area contributed by atoms with Crippen LogP contribution in [0.15, 0.2) is 28.7 Å². The molecular formula is C14H19BrO2. The number of hydrogen-bond donors (Lipinski definition) is 1. The number of aliphatic hydroxyl groups is 1. The Kier molecular flexibility index (Phi) is 5.01. The van der Waals surface area contributed by atoms with E-state index in [1.54, 1.807) is 0 Å². The van der Waals surface area contributed by atoms with E-state index >= 15 is 0 Å². The molecule has 1 aromatic rings. The van der Waals surface area contributed by atoms with Gasteiger partial charge in [-0.15, -0.1) is 0 Å². The molecule has 0 heterocycles. The van der Waals surface area contributed by atoms with Gasteiger partial charge in [-0.05, 0) is 42.9 Å². The van der Waals surface area contributed by atoms with Crippen molar-refractivity contribution in [2.24, 2.45) is 11.8 Å². The molecule has 0 radical (unpaired) electrons. The molecule has 2 nitrogen and oxygen atoms in total. The third kappa shape index (κ3) is 4.78. The molecule has 0 saturated heterocycles. The standard InChI is InChI=1S/C14H19BrO2/c15-14-5-3-11(4-6-14)7-13(8-16)10-17-9-12-1-2-12/h3-6,12-13,16H,1-2,7-10H2. The van der Waals surface area contributed by atoms with Gasteiger partial charge in [0.05, 0.1) is 6.61 Å². The van der Waals surface area contributed by atoms with Crippen LogP contribution in [0, 0.1) is 11.8 Å². The third-order valence-corrected chi connectivity index (χ3v) is 3.63. The van der Waals surface area contributed by atoms with E-state index in [1.165, 1.54) is 18.4 Å². The van der Waals surface area contributed by atoms with Crippen LogP contribution in [0.4, 0.5) is 0 Å². The second-order valence-corrected chi connectivity index (χ2v) is 5.78. The first kappa shape index (κ1) is 13.1. The van der Waals surface area contributed by atoms with Crippen LogP contribution in [0.25, 0.3) is 0 Å². The average molecular weight is 299 g/mol. The summed E-state index contributed by atoms with van der Waals surface area (Å²) in [5, 5.41) is 9.33. The minimum Gasteiger partial charge on any atom is -0.396 e. The fourth-order valence-electron chi connectivity index (χ4n) is 1.82. The Morgan fingerprint density at radius 2 is 2.00 bits per heavy atom. The third-order valence-electron chi connectivity index (χ3n) is 3.10. The van der Waals surface area contributed by atoms with Crippen molar-refractivity contribution < 1.29 is 9.84 Å². The first-order chi connectivity index (χ1) is 8.28. The molecule has 0 bridgehead atoms. The van der Waals surface area contributed by atoms with Gasteiger partial charge in [0.15, 0.2) is 0 Å². The van der Waals surface area contributed by atoms with Crippen LogP contribution in [-0.4, -0.2) is 24.9 Å². The van der Waals surface area contributed by atoms with Gasteiger partial charge >= 0.3 is 0 Å². The maximum Gasteiger partial charge on any atom is 0.0519 e. The van der Waals surface area contributed by atoms with Gasteiger partial charge in [0, 0.05) is 23.6 Å². The van der Waals surface area contributed by atoms with E-state index in [9.17, 15) is 5.11 Å². The van der Waals surface area contributed by atoms with Crippen molar-refractivity contribution in [2.75, 3.05) is 19.8 Å². The molecule has 0 aromatic heterocycles. The van der Waals surface area contributed by atoms with E-state index < -0.39 is 0 Å². The van der Waals surface area contributed by atoms with E-state index in [0.717, 1.165) is 23.4 Å². The number of aliphatic hydroxyl groups excluding tert-OH is 1. The van der Waals surface area contributed by atoms with E-state index in [4.69, 9.17) is 4.74 Å². The molecule has 1 fully saturated rings. The Hall–Kier alpha value is -0.380. The summed E-state index contributed by atoms with van der Waals surface area (Å²) in [5.74, 6) is 1.01. The maximum atomic E-state index is 9.33. The highest BCUT2D eigenvalue weighted by Gasteiger charge is 2.21. The highest BCUT2D eigenvalue weighted by molar-refractivity contribution is 9.10. The number of rotatable bonds is 7. The Balaban J connectivity index is 1.74. The van der Waals surface area contributed by atoms with Crippen molar-refractivity contribution >= 4 is 15.9 Å². The van der Waals surface area contributed by atoms with Crippen LogP contribution >= 0.6 is 15.9 Å². The largest absolute Gasteiger partial charge is 0.396 e. The maximum absolute atomic E-state index is 9.33. The second kappa shape index (κ2) is 6.53. The molecule has 3 heteroatoms. The minimum atomic E-state index is 0.195. The lowest BCUT2D eigenvalue weighted by Gasteiger charge is -2.14. The molecule has 17 heavy (non-hydrogen) atoms. The van der Waals surface area contributed by atoms with Crippen LogP contribution in [0.5, 0.6) is 0 Å². The summed E-state index contributed by atoms with van der Waals surface area (Å²) in [4.78, 5) is 0. The van der Waals surface area contributed by atoms with Crippen LogP contribution in [0.1, 0.15) is 18.4 Å². The molecule has 1 unspecified atom stereocenters. The van der Waals surface area contributed by atoms with E-state index in [0.29, 0.717) is 6.61 Å². The van der Waals surface area contributed by atoms with Crippen LogP contribution < -0.4 is 0 Å². The zero-order valence-electron chi connectivity index (χ0n) is 9.94. The van der Waals surface area contributed by atoms with Gasteiger partial charge in [0.25, 0.3) is 0 Å². The predicted octanol–water partition coefficient (Wildman–Crippen LogP) is 3.03. The van der Waals surface area contributed by atoms with E-state index in [1.807, 2.05) is 12.1 Å². The number of hydrogen-bond acceptors (Lipinski definition) is 2. The molecule has 1 saturated carbocycles. The summed E-state index contributed by atoms with van der Waals surface area (Å²) >= 11 is 3.42. The Labute approximate surface area is 111 Å². The zero-order chi connectivity index (χ0) is 12.1. The second-order valence-electron chi connectivity index (χ2n) is 4.86. The summed E-state index contributed by atoms with van der Waals surface area (Å²) in [5.41, 5.74) is 1.25. The van der Waals surface area contributed by atoms with Gasteiger partial charge in [0.2, 0.25) is 0 Å². The van der Waals surface area contributed by atoms with Crippen molar-refractivity contribution in [3.63, 3.8) is 0 Å². The minimum absolute atomic E-state index is 0.195. The zero-order valence-corrected chi connectivity index (χ0v) is 11.5. The fourth-order valence-corrected chi connectivity index (χ4v) is 2.08. The lowest BCUT2D eigenvalue weighted by Crippen LogP contribution is -2.17. The summed E-state index contributed by atoms with van der Waals surface area (Å²) in [7, 11) is 0. The first-order valence-electron chi connectivity index (χ1n) is 6.21. The Bertz CT molecular complexity index is 333. The summed E-state index contributed by atoms with van der Waals surface area (Å²) in [6, 6.07) is 8.25. The van der Waals surface area contributed by atoms with Crippen LogP contribution in [-0.2, 0) is 11.2 Å². The normalized spacial score (nSPS) is 17.1. The van der Waals surface area contributed by atoms with Crippen LogP contribution in [0.2, 0.25) is 0 Å². The molecule has 0 spiro atoms. The van der Waals surface area contributed by atoms with Crippen LogP contribution in [0.3, 0.4) is 0 Å². The average Bonchev–Trinajstić information content (AvgIpc) is 3.14. The SMILES string of the molecule is OCC(COCC1CC1)Cc1ccc(Br)cc1. The van der Waals surface area contributed by atoms with Gasteiger partial charge < -0.3 is 9.84 Å². The van der Waals surface area contributed by atoms with Crippen molar-refractivity contribution in [1.82, 2.24) is 0 Å².